The number of halogens is 1. The van der Waals surface area contributed by atoms with Gasteiger partial charge in [0.05, 0.1) is 5.52 Å². The van der Waals surface area contributed by atoms with Crippen LogP contribution in [-0.2, 0) is 4.74 Å². The Morgan fingerprint density at radius 2 is 1.73 bits per heavy atom. The van der Waals surface area contributed by atoms with Gasteiger partial charge in [0.2, 0.25) is 0 Å². The monoisotopic (exact) mass is 423 g/mol. The second kappa shape index (κ2) is 8.15. The fourth-order valence-electron chi connectivity index (χ4n) is 3.71. The van der Waals surface area contributed by atoms with Crippen LogP contribution in [-0.4, -0.2) is 47.8 Å². The summed E-state index contributed by atoms with van der Waals surface area (Å²) in [6, 6.07) is 16.4. The minimum absolute atomic E-state index is 0.237. The number of ether oxygens (including phenoxy) is 1. The summed E-state index contributed by atoms with van der Waals surface area (Å²) in [4.78, 5) is 20.8. The van der Waals surface area contributed by atoms with E-state index < -0.39 is 5.60 Å². The summed E-state index contributed by atoms with van der Waals surface area (Å²) in [5.74, 6) is 0. The Kier molecular flexibility index (Phi) is 5.56. The molecule has 6 heteroatoms. The molecule has 0 radical (unpaired) electrons. The second-order valence-corrected chi connectivity index (χ2v) is 8.96. The molecule has 1 aliphatic heterocycles. The molecule has 0 bridgehead atoms. The topological polar surface area (TPSA) is 45.7 Å². The maximum absolute atomic E-state index is 12.3. The molecule has 2 heterocycles. The molecule has 1 aliphatic rings. The van der Waals surface area contributed by atoms with Crippen LogP contribution >= 0.6 is 11.6 Å². The summed E-state index contributed by atoms with van der Waals surface area (Å²) in [7, 11) is 0. The molecule has 30 heavy (non-hydrogen) atoms. The van der Waals surface area contributed by atoms with Crippen molar-refractivity contribution in [1.29, 1.82) is 0 Å². The van der Waals surface area contributed by atoms with Crippen LogP contribution in [0.15, 0.2) is 54.7 Å². The molecule has 0 atom stereocenters. The number of nitrogens with zero attached hydrogens (tertiary/aromatic N) is 3. The lowest BCUT2D eigenvalue weighted by Gasteiger charge is -2.36. The molecule has 156 valence electrons. The van der Waals surface area contributed by atoms with E-state index in [-0.39, 0.29) is 6.09 Å². The minimum Gasteiger partial charge on any atom is -0.444 e. The lowest BCUT2D eigenvalue weighted by molar-refractivity contribution is 0.0240. The van der Waals surface area contributed by atoms with Gasteiger partial charge in [-0.1, -0.05) is 29.8 Å². The first-order valence-electron chi connectivity index (χ1n) is 10.2. The summed E-state index contributed by atoms with van der Waals surface area (Å²) in [5, 5.41) is 1.76. The molecule has 1 aromatic heterocycles. The molecule has 5 nitrogen and oxygen atoms in total. The zero-order valence-corrected chi connectivity index (χ0v) is 18.3. The van der Waals surface area contributed by atoms with Gasteiger partial charge in [-0.15, -0.1) is 0 Å². The lowest BCUT2D eigenvalue weighted by Crippen LogP contribution is -2.50. The maximum atomic E-state index is 12.3. The number of carbonyl (C=O) groups excluding carboxylic acids is 1. The van der Waals surface area contributed by atoms with Crippen molar-refractivity contribution in [2.45, 2.75) is 26.4 Å². The van der Waals surface area contributed by atoms with E-state index in [1.54, 1.807) is 11.1 Å². The molecule has 1 amide bonds. The highest BCUT2D eigenvalue weighted by atomic mass is 35.5. The average molecular weight is 424 g/mol. The van der Waals surface area contributed by atoms with Gasteiger partial charge in [-0.3, -0.25) is 4.98 Å². The summed E-state index contributed by atoms with van der Waals surface area (Å²) in [5.41, 5.74) is 3.75. The fourth-order valence-corrected chi connectivity index (χ4v) is 3.93. The van der Waals surface area contributed by atoms with E-state index in [0.717, 1.165) is 40.8 Å². The lowest BCUT2D eigenvalue weighted by atomic mass is 10.00. The Labute approximate surface area is 182 Å². The van der Waals surface area contributed by atoms with Gasteiger partial charge in [-0.25, -0.2) is 4.79 Å². The maximum Gasteiger partial charge on any atom is 0.410 e. The first-order chi connectivity index (χ1) is 14.3. The highest BCUT2D eigenvalue weighted by molar-refractivity contribution is 6.31. The molecule has 3 aromatic rings. The number of hydrogen-bond donors (Lipinski definition) is 0. The SMILES string of the molecule is CC(C)(C)OC(=O)N1CCN(c2ccc(-c3cc(Cl)cc4ncccc34)cc2)CC1. The van der Waals surface area contributed by atoms with Gasteiger partial charge in [0.1, 0.15) is 5.60 Å². The number of carbonyl (C=O) groups is 1. The summed E-state index contributed by atoms with van der Waals surface area (Å²) < 4.78 is 5.48. The number of amides is 1. The Hall–Kier alpha value is -2.79. The minimum atomic E-state index is -0.468. The van der Waals surface area contributed by atoms with Gasteiger partial charge in [0.25, 0.3) is 0 Å². The van der Waals surface area contributed by atoms with Crippen molar-refractivity contribution in [3.05, 3.63) is 59.8 Å². The van der Waals surface area contributed by atoms with Crippen LogP contribution in [0.25, 0.3) is 22.0 Å². The molecule has 2 aromatic carbocycles. The molecule has 0 N–H and O–H groups in total. The first-order valence-corrected chi connectivity index (χ1v) is 10.6. The molecular weight excluding hydrogens is 398 g/mol. The number of piperazine rings is 1. The van der Waals surface area contributed by atoms with E-state index in [9.17, 15) is 4.79 Å². The third-order valence-corrected chi connectivity index (χ3v) is 5.38. The third kappa shape index (κ3) is 4.51. The van der Waals surface area contributed by atoms with Crippen molar-refractivity contribution in [1.82, 2.24) is 9.88 Å². The van der Waals surface area contributed by atoms with Crippen molar-refractivity contribution in [2.24, 2.45) is 0 Å². The van der Waals surface area contributed by atoms with Crippen molar-refractivity contribution in [3.63, 3.8) is 0 Å². The number of fused-ring (bicyclic) bond motifs is 1. The Morgan fingerprint density at radius 1 is 1.03 bits per heavy atom. The molecule has 0 saturated carbocycles. The predicted molar refractivity (Wildman–Crippen MR) is 122 cm³/mol. The summed E-state index contributed by atoms with van der Waals surface area (Å²) >= 11 is 6.32. The molecule has 1 saturated heterocycles. The van der Waals surface area contributed by atoms with Crippen LogP contribution in [0.2, 0.25) is 5.02 Å². The Morgan fingerprint density at radius 3 is 2.40 bits per heavy atom. The number of anilines is 1. The molecule has 1 fully saturated rings. The van der Waals surface area contributed by atoms with Crippen LogP contribution < -0.4 is 4.90 Å². The van der Waals surface area contributed by atoms with Gasteiger partial charge >= 0.3 is 6.09 Å². The van der Waals surface area contributed by atoms with Crippen LogP contribution in [0.5, 0.6) is 0 Å². The van der Waals surface area contributed by atoms with Gasteiger partial charge < -0.3 is 14.5 Å². The van der Waals surface area contributed by atoms with Crippen molar-refractivity contribution in [3.8, 4) is 11.1 Å². The Bertz CT molecular complexity index is 1050. The summed E-state index contributed by atoms with van der Waals surface area (Å²) in [6.07, 6.45) is 1.54. The van der Waals surface area contributed by atoms with Gasteiger partial charge in [-0.05, 0) is 62.2 Å². The molecule has 0 aliphatic carbocycles. The molecule has 0 unspecified atom stereocenters. The molecular formula is C24H26ClN3O2. The van der Waals surface area contributed by atoms with E-state index in [0.29, 0.717) is 18.1 Å². The van der Waals surface area contributed by atoms with Crippen molar-refractivity contribution in [2.75, 3.05) is 31.1 Å². The number of aromatic nitrogens is 1. The van der Waals surface area contributed by atoms with E-state index in [1.807, 2.05) is 39.0 Å². The average Bonchev–Trinajstić information content (AvgIpc) is 2.72. The quantitative estimate of drug-likeness (QED) is 0.537. The molecule has 0 spiro atoms. The number of rotatable bonds is 2. The van der Waals surface area contributed by atoms with Gasteiger partial charge in [0.15, 0.2) is 0 Å². The van der Waals surface area contributed by atoms with E-state index in [1.165, 1.54) is 0 Å². The van der Waals surface area contributed by atoms with Crippen LogP contribution in [0, 0.1) is 0 Å². The van der Waals surface area contributed by atoms with Crippen LogP contribution in [0.4, 0.5) is 10.5 Å². The Balaban J connectivity index is 1.47. The van der Waals surface area contributed by atoms with E-state index in [2.05, 4.69) is 40.2 Å². The number of pyridine rings is 1. The highest BCUT2D eigenvalue weighted by Crippen LogP contribution is 2.32. The fraction of sp³-hybridized carbons (Fsp3) is 0.333. The number of hydrogen-bond acceptors (Lipinski definition) is 4. The third-order valence-electron chi connectivity index (χ3n) is 5.16. The van der Waals surface area contributed by atoms with Gasteiger partial charge in [-0.2, -0.15) is 0 Å². The van der Waals surface area contributed by atoms with Crippen molar-refractivity contribution < 1.29 is 9.53 Å². The predicted octanol–water partition coefficient (Wildman–Crippen LogP) is 5.61. The zero-order chi connectivity index (χ0) is 21.3. The standard InChI is InChI=1S/C24H26ClN3O2/c1-24(2,3)30-23(29)28-13-11-27(12-14-28)19-8-6-17(7-9-19)21-15-18(25)16-22-20(21)5-4-10-26-22/h4-10,15-16H,11-14H2,1-3H3. The first kappa shape index (κ1) is 20.5. The van der Waals surface area contributed by atoms with Crippen molar-refractivity contribution >= 4 is 34.3 Å². The zero-order valence-electron chi connectivity index (χ0n) is 17.6. The van der Waals surface area contributed by atoms with Crippen LogP contribution in [0.3, 0.4) is 0 Å². The summed E-state index contributed by atoms with van der Waals surface area (Å²) in [6.45, 7) is 8.54. The van der Waals surface area contributed by atoms with E-state index >= 15 is 0 Å². The largest absolute Gasteiger partial charge is 0.444 e. The van der Waals surface area contributed by atoms with E-state index in [4.69, 9.17) is 16.3 Å². The van der Waals surface area contributed by atoms with Crippen LogP contribution in [0.1, 0.15) is 20.8 Å². The highest BCUT2D eigenvalue weighted by Gasteiger charge is 2.26. The van der Waals surface area contributed by atoms with Gasteiger partial charge in [0, 0.05) is 48.5 Å². The second-order valence-electron chi connectivity index (χ2n) is 8.52. The normalized spacial score (nSPS) is 14.8. The molecule has 4 rings (SSSR count). The number of benzene rings is 2. The smallest absolute Gasteiger partial charge is 0.410 e.